The summed E-state index contributed by atoms with van der Waals surface area (Å²) in [5.41, 5.74) is 0.00938. The molecular formula is C24H23ClF3N3O3. The second-order valence-electron chi connectivity index (χ2n) is 8.62. The molecule has 0 saturated heterocycles. The molecule has 180 valence electrons. The van der Waals surface area contributed by atoms with Gasteiger partial charge in [0.05, 0.1) is 34.8 Å². The largest absolute Gasteiger partial charge is 0.481 e. The summed E-state index contributed by atoms with van der Waals surface area (Å²) in [6.07, 6.45) is -0.636. The minimum absolute atomic E-state index is 0.0731. The molecular weight excluding hydrogens is 471 g/mol. The van der Waals surface area contributed by atoms with Gasteiger partial charge >= 0.3 is 12.1 Å². The number of aromatic nitrogens is 2. The lowest BCUT2D eigenvalue weighted by Gasteiger charge is -2.26. The van der Waals surface area contributed by atoms with Gasteiger partial charge in [0.2, 0.25) is 0 Å². The fraction of sp³-hybridized carbons (Fsp3) is 0.375. The van der Waals surface area contributed by atoms with E-state index in [9.17, 15) is 22.8 Å². The van der Waals surface area contributed by atoms with Crippen molar-refractivity contribution in [1.82, 2.24) is 14.9 Å². The number of amides is 1. The second kappa shape index (κ2) is 9.66. The summed E-state index contributed by atoms with van der Waals surface area (Å²) < 4.78 is 42.3. The quantitative estimate of drug-likeness (QED) is 0.452. The summed E-state index contributed by atoms with van der Waals surface area (Å²) in [7, 11) is 0. The predicted molar refractivity (Wildman–Crippen MR) is 121 cm³/mol. The van der Waals surface area contributed by atoms with Gasteiger partial charge in [-0.05, 0) is 61.9 Å². The minimum atomic E-state index is -4.60. The van der Waals surface area contributed by atoms with Crippen molar-refractivity contribution in [2.75, 3.05) is 6.54 Å². The van der Waals surface area contributed by atoms with Gasteiger partial charge in [0.1, 0.15) is 5.15 Å². The zero-order valence-corrected chi connectivity index (χ0v) is 18.9. The van der Waals surface area contributed by atoms with E-state index in [-0.39, 0.29) is 30.5 Å². The Morgan fingerprint density at radius 1 is 1.15 bits per heavy atom. The van der Waals surface area contributed by atoms with Gasteiger partial charge in [-0.15, -0.1) is 0 Å². The topological polar surface area (TPSA) is 84.2 Å². The van der Waals surface area contributed by atoms with Crippen LogP contribution in [0.5, 0.6) is 0 Å². The highest BCUT2D eigenvalue weighted by Gasteiger charge is 2.33. The molecule has 2 heterocycles. The summed E-state index contributed by atoms with van der Waals surface area (Å²) in [5, 5.41) is 12.5. The highest BCUT2D eigenvalue weighted by Crippen LogP contribution is 2.34. The average Bonchev–Trinajstić information content (AvgIpc) is 3.19. The predicted octanol–water partition coefficient (Wildman–Crippen LogP) is 5.38. The van der Waals surface area contributed by atoms with Crippen LogP contribution in [0.1, 0.15) is 47.3 Å². The molecule has 2 N–H and O–H groups in total. The number of nitrogens with one attached hydrogen (secondary N) is 1. The van der Waals surface area contributed by atoms with Gasteiger partial charge < -0.3 is 15.0 Å². The van der Waals surface area contributed by atoms with E-state index in [0.717, 1.165) is 12.1 Å². The van der Waals surface area contributed by atoms with E-state index in [1.54, 1.807) is 35.0 Å². The normalized spacial score (nSPS) is 18.7. The first kappa shape index (κ1) is 24.1. The van der Waals surface area contributed by atoms with Crippen LogP contribution in [-0.4, -0.2) is 33.1 Å². The molecule has 2 aromatic heterocycles. The average molecular weight is 494 g/mol. The first-order valence-corrected chi connectivity index (χ1v) is 11.3. The number of carboxylic acid groups (broad SMARTS) is 1. The Bertz CT molecular complexity index is 1220. The van der Waals surface area contributed by atoms with E-state index < -0.39 is 23.6 Å². The maximum Gasteiger partial charge on any atom is 0.416 e. The van der Waals surface area contributed by atoms with E-state index in [0.29, 0.717) is 47.4 Å². The van der Waals surface area contributed by atoms with Crippen molar-refractivity contribution < 1.29 is 27.9 Å². The number of hydrogen-bond donors (Lipinski definition) is 2. The summed E-state index contributed by atoms with van der Waals surface area (Å²) >= 11 is 5.96. The number of carbonyl (C=O) groups excluding carboxylic acids is 1. The first-order chi connectivity index (χ1) is 16.1. The molecule has 1 aromatic carbocycles. The Balaban J connectivity index is 1.60. The van der Waals surface area contributed by atoms with Crippen molar-refractivity contribution in [3.63, 3.8) is 0 Å². The van der Waals surface area contributed by atoms with E-state index in [4.69, 9.17) is 16.7 Å². The Hall–Kier alpha value is -3.07. The van der Waals surface area contributed by atoms with Crippen LogP contribution in [0, 0.1) is 11.8 Å². The summed E-state index contributed by atoms with van der Waals surface area (Å²) in [5.74, 6) is -1.71. The van der Waals surface area contributed by atoms with Crippen molar-refractivity contribution >= 4 is 34.4 Å². The molecule has 0 aliphatic heterocycles. The van der Waals surface area contributed by atoms with Crippen LogP contribution in [0.25, 0.3) is 10.9 Å². The number of hydrogen-bond acceptors (Lipinski definition) is 3. The summed E-state index contributed by atoms with van der Waals surface area (Å²) in [6.45, 7) is 0.508. The lowest BCUT2D eigenvalue weighted by Crippen LogP contribution is -2.32. The third kappa shape index (κ3) is 5.35. The fourth-order valence-corrected chi connectivity index (χ4v) is 4.66. The molecule has 4 rings (SSSR count). The van der Waals surface area contributed by atoms with Crippen molar-refractivity contribution in [3.05, 3.63) is 64.6 Å². The third-order valence-corrected chi connectivity index (χ3v) is 6.50. The maximum absolute atomic E-state index is 13.5. The molecule has 1 aliphatic rings. The molecule has 0 atom stereocenters. The lowest BCUT2D eigenvalue weighted by atomic mass is 9.82. The molecule has 6 nitrogen and oxygen atoms in total. The van der Waals surface area contributed by atoms with Crippen LogP contribution in [0.4, 0.5) is 13.2 Å². The van der Waals surface area contributed by atoms with E-state index >= 15 is 0 Å². The number of carbonyl (C=O) groups is 2. The van der Waals surface area contributed by atoms with Gasteiger partial charge in [-0.3, -0.25) is 9.59 Å². The van der Waals surface area contributed by atoms with E-state index in [1.807, 2.05) is 0 Å². The van der Waals surface area contributed by atoms with Gasteiger partial charge in [-0.1, -0.05) is 17.7 Å². The number of rotatable bonds is 6. The van der Waals surface area contributed by atoms with Crippen LogP contribution < -0.4 is 5.32 Å². The molecule has 0 unspecified atom stereocenters. The van der Waals surface area contributed by atoms with Gasteiger partial charge in [0.25, 0.3) is 5.91 Å². The van der Waals surface area contributed by atoms with Gasteiger partial charge in [-0.25, -0.2) is 4.98 Å². The Morgan fingerprint density at radius 3 is 2.53 bits per heavy atom. The first-order valence-electron chi connectivity index (χ1n) is 10.9. The molecule has 0 radical (unpaired) electrons. The number of alkyl halides is 3. The minimum Gasteiger partial charge on any atom is -0.481 e. The monoisotopic (exact) mass is 493 g/mol. The number of fused-ring (bicyclic) bond motifs is 1. The van der Waals surface area contributed by atoms with Crippen molar-refractivity contribution in [3.8, 4) is 0 Å². The highest BCUT2D eigenvalue weighted by atomic mass is 35.5. The molecule has 10 heteroatoms. The number of benzene rings is 1. The number of aliphatic carboxylic acids is 1. The Morgan fingerprint density at radius 2 is 1.88 bits per heavy atom. The van der Waals surface area contributed by atoms with Crippen LogP contribution in [-0.2, 0) is 17.5 Å². The molecule has 1 aliphatic carbocycles. The van der Waals surface area contributed by atoms with Gasteiger partial charge in [0.15, 0.2) is 0 Å². The zero-order chi connectivity index (χ0) is 24.5. The fourth-order valence-electron chi connectivity index (χ4n) is 4.48. The Kier molecular flexibility index (Phi) is 6.84. The second-order valence-corrected chi connectivity index (χ2v) is 9.01. The smallest absolute Gasteiger partial charge is 0.416 e. The van der Waals surface area contributed by atoms with Crippen LogP contribution in [0.3, 0.4) is 0 Å². The van der Waals surface area contributed by atoms with Crippen molar-refractivity contribution in [1.29, 1.82) is 0 Å². The van der Waals surface area contributed by atoms with Gasteiger partial charge in [-0.2, -0.15) is 13.2 Å². The van der Waals surface area contributed by atoms with E-state index in [1.165, 1.54) is 0 Å². The molecule has 3 aromatic rings. The molecule has 0 spiro atoms. The molecule has 1 fully saturated rings. The zero-order valence-electron chi connectivity index (χ0n) is 18.1. The summed E-state index contributed by atoms with van der Waals surface area (Å²) in [4.78, 5) is 28.4. The summed E-state index contributed by atoms with van der Waals surface area (Å²) in [6, 6.07) is 8.54. The number of nitrogens with zero attached hydrogens (tertiary/aromatic N) is 2. The SMILES string of the molecule is O=C(NCC1CCC(C(=O)O)CC1)c1cc(C(F)(F)F)cc2ccn(Cc3cccc(Cl)n3)c12. The number of pyridine rings is 1. The van der Waals surface area contributed by atoms with Crippen LogP contribution >= 0.6 is 11.6 Å². The Labute approximate surface area is 198 Å². The van der Waals surface area contributed by atoms with Crippen molar-refractivity contribution in [2.24, 2.45) is 11.8 Å². The lowest BCUT2D eigenvalue weighted by molar-refractivity contribution is -0.143. The third-order valence-electron chi connectivity index (χ3n) is 6.29. The molecule has 34 heavy (non-hydrogen) atoms. The number of halogens is 4. The molecule has 0 bridgehead atoms. The molecule has 1 saturated carbocycles. The molecule has 1 amide bonds. The standard InChI is InChI=1S/C24H23ClF3N3O3/c25-20-3-1-2-18(30-20)13-31-9-8-16-10-17(24(26,27)28)11-19(21(16)31)22(32)29-12-14-4-6-15(7-5-14)23(33)34/h1-3,8-11,14-15H,4-7,12-13H2,(H,29,32)(H,33,34). The maximum atomic E-state index is 13.5. The van der Waals surface area contributed by atoms with Crippen LogP contribution in [0.15, 0.2) is 42.6 Å². The van der Waals surface area contributed by atoms with Crippen LogP contribution in [0.2, 0.25) is 5.15 Å². The van der Waals surface area contributed by atoms with Gasteiger partial charge in [0, 0.05) is 18.1 Å². The number of carboxylic acids is 1. The van der Waals surface area contributed by atoms with E-state index in [2.05, 4.69) is 10.3 Å². The van der Waals surface area contributed by atoms with Crippen molar-refractivity contribution in [2.45, 2.75) is 38.4 Å². The highest BCUT2D eigenvalue weighted by molar-refractivity contribution is 6.29.